The summed E-state index contributed by atoms with van der Waals surface area (Å²) in [6.07, 6.45) is 3.51. The van der Waals surface area contributed by atoms with Crippen LogP contribution in [0.5, 0.6) is 0 Å². The largest absolute Gasteiger partial charge is 0.324 e. The van der Waals surface area contributed by atoms with Crippen LogP contribution in [0.2, 0.25) is 0 Å². The molecule has 1 atom stereocenters. The average Bonchev–Trinajstić information content (AvgIpc) is 2.54. The minimum Gasteiger partial charge on any atom is -0.324 e. The Bertz CT molecular complexity index is 308. The van der Waals surface area contributed by atoms with E-state index in [0.29, 0.717) is 0 Å². The van der Waals surface area contributed by atoms with Crippen LogP contribution in [0.15, 0.2) is 13.6 Å². The summed E-state index contributed by atoms with van der Waals surface area (Å²) >= 11 is 8.74. The van der Waals surface area contributed by atoms with Crippen LogP contribution in [-0.4, -0.2) is 0 Å². The molecule has 1 nitrogen and oxygen atoms in total. The van der Waals surface area contributed by atoms with E-state index >= 15 is 0 Å². The van der Waals surface area contributed by atoms with Gasteiger partial charge >= 0.3 is 0 Å². The third-order valence-electron chi connectivity index (χ3n) is 2.82. The van der Waals surface area contributed by atoms with E-state index in [4.69, 9.17) is 5.73 Å². The maximum Gasteiger partial charge on any atom is 0.0758 e. The second-order valence-electron chi connectivity index (χ2n) is 3.80. The van der Waals surface area contributed by atoms with Crippen molar-refractivity contribution in [2.45, 2.75) is 39.2 Å². The van der Waals surface area contributed by atoms with Crippen molar-refractivity contribution < 1.29 is 0 Å². The Morgan fingerprint density at radius 3 is 2.33 bits per heavy atom. The van der Waals surface area contributed by atoms with Gasteiger partial charge in [0.1, 0.15) is 0 Å². The van der Waals surface area contributed by atoms with Gasteiger partial charge in [0.15, 0.2) is 0 Å². The molecule has 1 rings (SSSR count). The molecule has 1 aromatic heterocycles. The summed E-state index contributed by atoms with van der Waals surface area (Å²) in [6, 6.07) is 2.29. The molecule has 1 aromatic rings. The zero-order valence-corrected chi connectivity index (χ0v) is 13.1. The molecular formula is C11H17Br2NS. The average molecular weight is 355 g/mol. The maximum absolute atomic E-state index is 6.22. The smallest absolute Gasteiger partial charge is 0.0758 e. The highest BCUT2D eigenvalue weighted by Crippen LogP contribution is 2.37. The van der Waals surface area contributed by atoms with Crippen molar-refractivity contribution >= 4 is 43.2 Å². The molecule has 0 amide bonds. The lowest BCUT2D eigenvalue weighted by molar-refractivity contribution is 0.414. The summed E-state index contributed by atoms with van der Waals surface area (Å²) in [5, 5.41) is 0. The van der Waals surface area contributed by atoms with E-state index in [0.717, 1.165) is 19.9 Å². The van der Waals surface area contributed by atoms with E-state index in [-0.39, 0.29) is 6.04 Å². The van der Waals surface area contributed by atoms with E-state index in [1.807, 2.05) is 0 Å². The molecule has 0 radical (unpaired) electrons. The first-order valence-electron chi connectivity index (χ1n) is 5.28. The SMILES string of the molecule is CCC(CC)CC(N)c1cc(Br)sc1Br. The van der Waals surface area contributed by atoms with Crippen molar-refractivity contribution in [2.75, 3.05) is 0 Å². The van der Waals surface area contributed by atoms with E-state index in [1.54, 1.807) is 11.3 Å². The van der Waals surface area contributed by atoms with Gasteiger partial charge in [-0.3, -0.25) is 0 Å². The van der Waals surface area contributed by atoms with Gasteiger partial charge in [-0.15, -0.1) is 11.3 Å². The number of hydrogen-bond acceptors (Lipinski definition) is 2. The first-order chi connectivity index (χ1) is 7.08. The highest BCUT2D eigenvalue weighted by molar-refractivity contribution is 9.12. The first kappa shape index (κ1) is 13.7. The van der Waals surface area contributed by atoms with Crippen molar-refractivity contribution in [2.24, 2.45) is 11.7 Å². The fourth-order valence-corrected chi connectivity index (χ4v) is 4.71. The van der Waals surface area contributed by atoms with Gasteiger partial charge in [0.2, 0.25) is 0 Å². The van der Waals surface area contributed by atoms with Crippen molar-refractivity contribution in [3.63, 3.8) is 0 Å². The Labute approximate surface area is 113 Å². The molecule has 0 bridgehead atoms. The molecule has 0 spiro atoms. The van der Waals surface area contributed by atoms with Gasteiger partial charge in [0.05, 0.1) is 7.57 Å². The molecule has 0 fully saturated rings. The third kappa shape index (κ3) is 3.84. The number of halogens is 2. The summed E-state index contributed by atoms with van der Waals surface area (Å²) in [6.45, 7) is 4.47. The predicted octanol–water partition coefficient (Wildman–Crippen LogP) is 5.10. The zero-order chi connectivity index (χ0) is 11.4. The molecule has 0 aliphatic heterocycles. The van der Waals surface area contributed by atoms with Crippen LogP contribution in [0.4, 0.5) is 0 Å². The van der Waals surface area contributed by atoms with Crippen molar-refractivity contribution in [3.8, 4) is 0 Å². The summed E-state index contributed by atoms with van der Waals surface area (Å²) in [5.74, 6) is 0.741. The molecule has 0 aromatic carbocycles. The van der Waals surface area contributed by atoms with Crippen LogP contribution >= 0.6 is 43.2 Å². The molecule has 0 aliphatic carbocycles. The highest BCUT2D eigenvalue weighted by Gasteiger charge is 2.16. The highest BCUT2D eigenvalue weighted by atomic mass is 79.9. The monoisotopic (exact) mass is 353 g/mol. The van der Waals surface area contributed by atoms with Crippen molar-refractivity contribution in [3.05, 3.63) is 19.2 Å². The molecule has 2 N–H and O–H groups in total. The lowest BCUT2D eigenvalue weighted by atomic mass is 9.93. The van der Waals surface area contributed by atoms with E-state index in [2.05, 4.69) is 51.8 Å². The second kappa shape index (κ2) is 6.38. The van der Waals surface area contributed by atoms with Crippen LogP contribution in [0, 0.1) is 5.92 Å². The third-order valence-corrected chi connectivity index (χ3v) is 5.21. The van der Waals surface area contributed by atoms with Gasteiger partial charge in [0.25, 0.3) is 0 Å². The molecule has 0 aliphatic rings. The van der Waals surface area contributed by atoms with Gasteiger partial charge in [-0.1, -0.05) is 26.7 Å². The minimum atomic E-state index is 0.159. The fraction of sp³-hybridized carbons (Fsp3) is 0.636. The molecule has 4 heteroatoms. The molecule has 0 saturated heterocycles. The molecule has 0 saturated carbocycles. The lowest BCUT2D eigenvalue weighted by Crippen LogP contribution is -2.14. The lowest BCUT2D eigenvalue weighted by Gasteiger charge is -2.17. The summed E-state index contributed by atoms with van der Waals surface area (Å²) in [5.41, 5.74) is 7.45. The van der Waals surface area contributed by atoms with Crippen LogP contribution in [0.1, 0.15) is 44.7 Å². The minimum absolute atomic E-state index is 0.159. The Morgan fingerprint density at radius 1 is 1.33 bits per heavy atom. The van der Waals surface area contributed by atoms with Gasteiger partial charge in [-0.25, -0.2) is 0 Å². The molecule has 86 valence electrons. The number of hydrogen-bond donors (Lipinski definition) is 1. The maximum atomic E-state index is 6.22. The Kier molecular flexibility index (Phi) is 5.82. The Balaban J connectivity index is 2.67. The zero-order valence-electron chi connectivity index (χ0n) is 9.09. The molecule has 1 unspecified atom stereocenters. The number of thiophene rings is 1. The predicted molar refractivity (Wildman–Crippen MR) is 75.3 cm³/mol. The van der Waals surface area contributed by atoms with Gasteiger partial charge < -0.3 is 5.73 Å². The number of rotatable bonds is 5. The van der Waals surface area contributed by atoms with Crippen molar-refractivity contribution in [1.82, 2.24) is 0 Å². The summed E-state index contributed by atoms with van der Waals surface area (Å²) < 4.78 is 2.30. The van der Waals surface area contributed by atoms with Crippen LogP contribution in [0.3, 0.4) is 0 Å². The van der Waals surface area contributed by atoms with Gasteiger partial charge in [-0.2, -0.15) is 0 Å². The van der Waals surface area contributed by atoms with E-state index in [1.165, 1.54) is 18.4 Å². The molecule has 1 heterocycles. The van der Waals surface area contributed by atoms with Crippen LogP contribution in [-0.2, 0) is 0 Å². The normalized spacial score (nSPS) is 13.5. The Hall–Kier alpha value is 0.620. The first-order valence-corrected chi connectivity index (χ1v) is 7.69. The van der Waals surface area contributed by atoms with E-state index < -0.39 is 0 Å². The van der Waals surface area contributed by atoms with Gasteiger partial charge in [0, 0.05) is 6.04 Å². The fourth-order valence-electron chi connectivity index (χ4n) is 1.71. The molecular weight excluding hydrogens is 338 g/mol. The van der Waals surface area contributed by atoms with Crippen LogP contribution in [0.25, 0.3) is 0 Å². The molecule has 15 heavy (non-hydrogen) atoms. The summed E-state index contributed by atoms with van der Waals surface area (Å²) in [4.78, 5) is 0. The van der Waals surface area contributed by atoms with Crippen LogP contribution < -0.4 is 5.73 Å². The summed E-state index contributed by atoms with van der Waals surface area (Å²) in [7, 11) is 0. The second-order valence-corrected chi connectivity index (χ2v) is 7.55. The Morgan fingerprint density at radius 2 is 1.93 bits per heavy atom. The topological polar surface area (TPSA) is 26.0 Å². The van der Waals surface area contributed by atoms with Gasteiger partial charge in [-0.05, 0) is 55.8 Å². The van der Waals surface area contributed by atoms with E-state index in [9.17, 15) is 0 Å². The number of nitrogens with two attached hydrogens (primary N) is 1. The quantitative estimate of drug-likeness (QED) is 0.782. The standard InChI is InChI=1S/C11H17Br2NS/c1-3-7(4-2)5-9(14)8-6-10(12)15-11(8)13/h6-7,9H,3-5,14H2,1-2H3. The van der Waals surface area contributed by atoms with Crippen molar-refractivity contribution in [1.29, 1.82) is 0 Å².